The van der Waals surface area contributed by atoms with Gasteiger partial charge in [-0.3, -0.25) is 4.79 Å². The average molecular weight is 268 g/mol. The number of hydrogen-bond acceptors (Lipinski definition) is 3. The number of nitrogen functional groups attached to an aromatic ring is 1. The number of pyridine rings is 1. The molecule has 1 heterocycles. The Balaban J connectivity index is 2.85. The first-order valence-corrected chi connectivity index (χ1v) is 4.82. The van der Waals surface area contributed by atoms with E-state index < -0.39 is 18.6 Å². The lowest BCUT2D eigenvalue weighted by Crippen LogP contribution is -2.35. The average Bonchev–Trinajstić information content (AvgIpc) is 2.18. The van der Waals surface area contributed by atoms with Crippen molar-refractivity contribution >= 4 is 23.3 Å². The number of alkyl halides is 3. The minimum atomic E-state index is -4.45. The Morgan fingerprint density at radius 3 is 2.65 bits per heavy atom. The fraction of sp³-hybridized carbons (Fsp3) is 0.333. The second-order valence-corrected chi connectivity index (χ2v) is 3.77. The third-order valence-corrected chi connectivity index (χ3v) is 2.18. The van der Waals surface area contributed by atoms with Crippen LogP contribution in [0.25, 0.3) is 0 Å². The molecule has 0 atom stereocenters. The molecule has 1 rings (SSSR count). The van der Waals surface area contributed by atoms with Crippen molar-refractivity contribution in [3.63, 3.8) is 0 Å². The molecule has 0 saturated heterocycles. The SMILES string of the molecule is CN(CC(F)(F)F)C(=O)c1cnc(N)c(Cl)c1. The monoisotopic (exact) mass is 267 g/mol. The van der Waals surface area contributed by atoms with E-state index in [0.29, 0.717) is 4.90 Å². The van der Waals surface area contributed by atoms with E-state index in [1.807, 2.05) is 0 Å². The van der Waals surface area contributed by atoms with Crippen LogP contribution in [0.5, 0.6) is 0 Å². The molecule has 1 amide bonds. The van der Waals surface area contributed by atoms with Gasteiger partial charge in [-0.15, -0.1) is 0 Å². The molecular formula is C9H9ClF3N3O. The molecule has 0 aliphatic rings. The standard InChI is InChI=1S/C9H9ClF3N3O/c1-16(4-9(11,12)13)8(17)5-2-6(10)7(14)15-3-5/h2-3H,4H2,1H3,(H2,14,15). The van der Waals surface area contributed by atoms with Gasteiger partial charge in [-0.25, -0.2) is 4.98 Å². The van der Waals surface area contributed by atoms with Gasteiger partial charge in [0.25, 0.3) is 5.91 Å². The molecular weight excluding hydrogens is 259 g/mol. The van der Waals surface area contributed by atoms with Gasteiger partial charge >= 0.3 is 6.18 Å². The smallest absolute Gasteiger partial charge is 0.382 e. The number of rotatable bonds is 2. The fourth-order valence-electron chi connectivity index (χ4n) is 1.13. The second kappa shape index (κ2) is 4.79. The highest BCUT2D eigenvalue weighted by atomic mass is 35.5. The number of nitrogens with two attached hydrogens (primary N) is 1. The second-order valence-electron chi connectivity index (χ2n) is 3.37. The Kier molecular flexibility index (Phi) is 3.82. The predicted molar refractivity (Wildman–Crippen MR) is 56.7 cm³/mol. The highest BCUT2D eigenvalue weighted by Gasteiger charge is 2.31. The quantitative estimate of drug-likeness (QED) is 0.891. The Bertz CT molecular complexity index is 436. The summed E-state index contributed by atoms with van der Waals surface area (Å²) in [5, 5.41) is 0.0243. The highest BCUT2D eigenvalue weighted by molar-refractivity contribution is 6.33. The maximum absolute atomic E-state index is 12.1. The van der Waals surface area contributed by atoms with Crippen LogP contribution in [0.2, 0.25) is 5.02 Å². The van der Waals surface area contributed by atoms with E-state index in [9.17, 15) is 18.0 Å². The minimum Gasteiger partial charge on any atom is -0.382 e. The summed E-state index contributed by atoms with van der Waals surface area (Å²) in [7, 11) is 1.04. The first-order valence-electron chi connectivity index (χ1n) is 4.44. The van der Waals surface area contributed by atoms with Crippen molar-refractivity contribution in [2.45, 2.75) is 6.18 Å². The Morgan fingerprint density at radius 1 is 1.59 bits per heavy atom. The highest BCUT2D eigenvalue weighted by Crippen LogP contribution is 2.20. The first kappa shape index (κ1) is 13.6. The van der Waals surface area contributed by atoms with Crippen molar-refractivity contribution in [3.05, 3.63) is 22.8 Å². The summed E-state index contributed by atoms with van der Waals surface area (Å²) in [6.07, 6.45) is -3.37. The molecule has 0 fully saturated rings. The van der Waals surface area contributed by atoms with Gasteiger partial charge in [0, 0.05) is 13.2 Å². The van der Waals surface area contributed by atoms with Crippen molar-refractivity contribution in [2.75, 3.05) is 19.3 Å². The third kappa shape index (κ3) is 3.77. The van der Waals surface area contributed by atoms with Gasteiger partial charge in [0.1, 0.15) is 12.4 Å². The molecule has 1 aromatic heterocycles. The third-order valence-electron chi connectivity index (χ3n) is 1.88. The van der Waals surface area contributed by atoms with E-state index in [1.165, 1.54) is 6.07 Å². The maximum Gasteiger partial charge on any atom is 0.406 e. The molecule has 0 bridgehead atoms. The number of amides is 1. The van der Waals surface area contributed by atoms with Crippen LogP contribution < -0.4 is 5.73 Å². The van der Waals surface area contributed by atoms with E-state index in [-0.39, 0.29) is 16.4 Å². The molecule has 0 aromatic carbocycles. The number of anilines is 1. The number of carbonyl (C=O) groups excluding carboxylic acids is 1. The minimum absolute atomic E-state index is 0.0155. The van der Waals surface area contributed by atoms with E-state index >= 15 is 0 Å². The van der Waals surface area contributed by atoms with Crippen molar-refractivity contribution < 1.29 is 18.0 Å². The summed E-state index contributed by atoms with van der Waals surface area (Å²) < 4.78 is 36.2. The molecule has 17 heavy (non-hydrogen) atoms. The zero-order valence-electron chi connectivity index (χ0n) is 8.75. The lowest BCUT2D eigenvalue weighted by Gasteiger charge is -2.18. The maximum atomic E-state index is 12.1. The number of nitrogens with zero attached hydrogens (tertiary/aromatic N) is 2. The Morgan fingerprint density at radius 2 is 2.18 bits per heavy atom. The number of aromatic nitrogens is 1. The van der Waals surface area contributed by atoms with Gasteiger partial charge in [0.15, 0.2) is 0 Å². The van der Waals surface area contributed by atoms with Gasteiger partial charge in [-0.1, -0.05) is 11.6 Å². The van der Waals surface area contributed by atoms with Gasteiger partial charge in [-0.05, 0) is 6.07 Å². The summed E-state index contributed by atoms with van der Waals surface area (Å²) in [4.78, 5) is 15.7. The van der Waals surface area contributed by atoms with Crippen molar-refractivity contribution in [1.29, 1.82) is 0 Å². The number of carbonyl (C=O) groups is 1. The normalized spacial score (nSPS) is 11.4. The van der Waals surface area contributed by atoms with Gasteiger partial charge in [0.2, 0.25) is 0 Å². The Hall–Kier alpha value is -1.50. The summed E-state index contributed by atoms with van der Waals surface area (Å²) in [6, 6.07) is 1.18. The van der Waals surface area contributed by atoms with Crippen molar-refractivity contribution in [2.24, 2.45) is 0 Å². The molecule has 0 aliphatic carbocycles. The van der Waals surface area contributed by atoms with Crippen LogP contribution in [-0.2, 0) is 0 Å². The van der Waals surface area contributed by atoms with Crippen LogP contribution in [0.15, 0.2) is 12.3 Å². The van der Waals surface area contributed by atoms with Crippen LogP contribution in [0, 0.1) is 0 Å². The zero-order valence-corrected chi connectivity index (χ0v) is 9.51. The van der Waals surface area contributed by atoms with E-state index in [2.05, 4.69) is 4.98 Å². The molecule has 8 heteroatoms. The van der Waals surface area contributed by atoms with Gasteiger partial charge < -0.3 is 10.6 Å². The first-order chi connectivity index (χ1) is 7.70. The van der Waals surface area contributed by atoms with E-state index in [1.54, 1.807) is 0 Å². The molecule has 0 spiro atoms. The molecule has 0 saturated carbocycles. The van der Waals surface area contributed by atoms with Gasteiger partial charge in [0.05, 0.1) is 10.6 Å². The zero-order chi connectivity index (χ0) is 13.2. The summed E-state index contributed by atoms with van der Waals surface area (Å²) in [6.45, 7) is -1.34. The number of halogens is 4. The summed E-state index contributed by atoms with van der Waals surface area (Å²) >= 11 is 5.62. The van der Waals surface area contributed by atoms with Crippen molar-refractivity contribution in [1.82, 2.24) is 9.88 Å². The van der Waals surface area contributed by atoms with Crippen LogP contribution in [0.1, 0.15) is 10.4 Å². The summed E-state index contributed by atoms with van der Waals surface area (Å²) in [5.41, 5.74) is 5.27. The molecule has 0 unspecified atom stereocenters. The molecule has 0 aliphatic heterocycles. The molecule has 1 aromatic rings. The van der Waals surface area contributed by atoms with Crippen LogP contribution in [-0.4, -0.2) is 35.6 Å². The van der Waals surface area contributed by atoms with Crippen LogP contribution in [0.3, 0.4) is 0 Å². The van der Waals surface area contributed by atoms with Crippen LogP contribution >= 0.6 is 11.6 Å². The topological polar surface area (TPSA) is 59.2 Å². The molecule has 0 radical (unpaired) electrons. The molecule has 4 nitrogen and oxygen atoms in total. The molecule has 94 valence electrons. The molecule has 2 N–H and O–H groups in total. The lowest BCUT2D eigenvalue weighted by atomic mass is 10.2. The largest absolute Gasteiger partial charge is 0.406 e. The van der Waals surface area contributed by atoms with Gasteiger partial charge in [-0.2, -0.15) is 13.2 Å². The lowest BCUT2D eigenvalue weighted by molar-refractivity contribution is -0.138. The van der Waals surface area contributed by atoms with E-state index in [4.69, 9.17) is 17.3 Å². The predicted octanol–water partition coefficient (Wildman–Crippen LogP) is 1.95. The summed E-state index contributed by atoms with van der Waals surface area (Å²) in [5.74, 6) is -0.807. The number of hydrogen-bond donors (Lipinski definition) is 1. The Labute approximate surface area is 100 Å². The van der Waals surface area contributed by atoms with Crippen molar-refractivity contribution in [3.8, 4) is 0 Å². The fourth-order valence-corrected chi connectivity index (χ4v) is 1.29. The van der Waals surface area contributed by atoms with Crippen LogP contribution in [0.4, 0.5) is 19.0 Å². The van der Waals surface area contributed by atoms with E-state index in [0.717, 1.165) is 13.2 Å².